The Morgan fingerprint density at radius 1 is 0.477 bits per heavy atom. The number of aryl methyl sites for hydroxylation is 4. The molecule has 0 saturated carbocycles. The van der Waals surface area contributed by atoms with E-state index in [1.807, 2.05) is 23.7 Å². The summed E-state index contributed by atoms with van der Waals surface area (Å²) in [5, 5.41) is 2.48. The van der Waals surface area contributed by atoms with Crippen molar-refractivity contribution in [3.05, 3.63) is 148 Å². The molecule has 0 radical (unpaired) electrons. The number of fused-ring (bicyclic) bond motifs is 7. The lowest BCUT2D eigenvalue weighted by molar-refractivity contribution is 0.589. The second-order valence-electron chi connectivity index (χ2n) is 23.4. The first-order valence-electron chi connectivity index (χ1n) is 23.6. The van der Waals surface area contributed by atoms with Crippen LogP contribution in [0.3, 0.4) is 0 Å². The topological polar surface area (TPSA) is 19.6 Å². The smallest absolute Gasteiger partial charge is 0.264 e. The Kier molecular flexibility index (Phi) is 9.67. The highest BCUT2D eigenvalue weighted by molar-refractivity contribution is 7.33. The molecule has 0 atom stereocenters. The van der Waals surface area contributed by atoms with Crippen LogP contribution in [0, 0.1) is 27.7 Å². The lowest BCUT2D eigenvalue weighted by atomic mass is 9.36. The van der Waals surface area contributed by atoms with E-state index in [2.05, 4.69) is 212 Å². The molecule has 2 aliphatic rings. The Morgan fingerprint density at radius 2 is 1.00 bits per heavy atom. The average Bonchev–Trinajstić information content (AvgIpc) is 3.82. The molecular formula is C60H65BN2OS. The third-order valence-electron chi connectivity index (χ3n) is 14.3. The molecular weight excluding hydrogens is 808 g/mol. The van der Waals surface area contributed by atoms with Crippen LogP contribution in [-0.4, -0.2) is 6.71 Å². The highest BCUT2D eigenvalue weighted by Gasteiger charge is 2.47. The summed E-state index contributed by atoms with van der Waals surface area (Å²) in [5.74, 6) is 0. The van der Waals surface area contributed by atoms with E-state index < -0.39 is 0 Å². The summed E-state index contributed by atoms with van der Waals surface area (Å²) in [4.78, 5) is 5.36. The third kappa shape index (κ3) is 6.90. The number of anilines is 6. The quantitative estimate of drug-likeness (QED) is 0.165. The first-order chi connectivity index (χ1) is 30.4. The highest BCUT2D eigenvalue weighted by Crippen LogP contribution is 2.52. The fourth-order valence-electron chi connectivity index (χ4n) is 10.7. The van der Waals surface area contributed by atoms with Gasteiger partial charge in [-0.1, -0.05) is 132 Å². The Labute approximate surface area is 392 Å². The minimum Gasteiger partial charge on any atom is -0.464 e. The number of hydrogen-bond acceptors (Lipinski definition) is 4. The lowest BCUT2D eigenvalue weighted by Gasteiger charge is -2.45. The van der Waals surface area contributed by atoms with Crippen LogP contribution in [0.15, 0.2) is 108 Å². The monoisotopic (exact) mass is 872 g/mol. The summed E-state index contributed by atoms with van der Waals surface area (Å²) in [6, 6.07) is 37.8. The van der Waals surface area contributed by atoms with E-state index in [9.17, 15) is 0 Å². The van der Waals surface area contributed by atoms with Gasteiger partial charge in [0.2, 0.25) is 0 Å². The van der Waals surface area contributed by atoms with Crippen LogP contribution in [0.1, 0.15) is 128 Å². The molecule has 4 heterocycles. The largest absolute Gasteiger partial charge is 0.464 e. The van der Waals surface area contributed by atoms with Crippen molar-refractivity contribution >= 4 is 88.9 Å². The van der Waals surface area contributed by atoms with Gasteiger partial charge in [-0.15, -0.1) is 11.3 Å². The van der Waals surface area contributed by atoms with Gasteiger partial charge in [-0.05, 0) is 159 Å². The molecule has 0 spiro atoms. The van der Waals surface area contributed by atoms with Gasteiger partial charge in [-0.2, -0.15) is 0 Å². The molecule has 5 heteroatoms. The summed E-state index contributed by atoms with van der Waals surface area (Å²) in [5.41, 5.74) is 24.0. The van der Waals surface area contributed by atoms with E-state index in [-0.39, 0.29) is 28.4 Å². The molecule has 0 saturated heterocycles. The summed E-state index contributed by atoms with van der Waals surface area (Å²) in [6.45, 7) is 37.5. The van der Waals surface area contributed by atoms with Crippen LogP contribution >= 0.6 is 11.3 Å². The van der Waals surface area contributed by atoms with Crippen LogP contribution in [0.2, 0.25) is 0 Å². The lowest BCUT2D eigenvalue weighted by Crippen LogP contribution is -2.61. The van der Waals surface area contributed by atoms with Crippen molar-refractivity contribution in [2.45, 2.75) is 132 Å². The van der Waals surface area contributed by atoms with Crippen molar-refractivity contribution in [2.75, 3.05) is 9.80 Å². The fraction of sp³-hybridized carbons (Fsp3) is 0.333. The molecule has 330 valence electrons. The number of furan rings is 1. The van der Waals surface area contributed by atoms with Gasteiger partial charge in [-0.25, -0.2) is 0 Å². The van der Waals surface area contributed by atoms with Gasteiger partial charge in [0.25, 0.3) is 6.71 Å². The van der Waals surface area contributed by atoms with Crippen LogP contribution < -0.4 is 25.5 Å². The standard InChI is InChI=1S/C60H65BN2OS/c1-34-25-38(45-33-64-50-20-18-17-19-43(45)50)26-35(2)53(34)62-47-23-21-40(58(8,9)10)30-46(47)61-52-48(62)31-42(60(14,15)16)32-49(52)63(54-36(3)27-41(28-37(54)4)59(11,12)13)55-44-29-39(57(5,6)7)22-24-51(44)65-56(55)61/h17-33H,1-16H3. The zero-order valence-electron chi connectivity index (χ0n) is 41.6. The minimum atomic E-state index is -0.123. The summed E-state index contributed by atoms with van der Waals surface area (Å²) in [7, 11) is 0. The third-order valence-corrected chi connectivity index (χ3v) is 15.6. The van der Waals surface area contributed by atoms with Gasteiger partial charge in [0.15, 0.2) is 0 Å². The average molecular weight is 873 g/mol. The molecule has 0 aliphatic carbocycles. The van der Waals surface area contributed by atoms with E-state index >= 15 is 0 Å². The Morgan fingerprint density at radius 3 is 1.62 bits per heavy atom. The molecule has 2 aliphatic heterocycles. The van der Waals surface area contributed by atoms with E-state index in [4.69, 9.17) is 4.42 Å². The normalized spacial score (nSPS) is 14.1. The summed E-state index contributed by atoms with van der Waals surface area (Å²) in [6.07, 6.45) is 1.93. The maximum atomic E-state index is 6.10. The van der Waals surface area contributed by atoms with Crippen LogP contribution in [-0.2, 0) is 21.7 Å². The Balaban J connectivity index is 1.34. The van der Waals surface area contributed by atoms with Gasteiger partial charge in [0.05, 0.1) is 23.3 Å². The summed E-state index contributed by atoms with van der Waals surface area (Å²) >= 11 is 2.00. The van der Waals surface area contributed by atoms with E-state index in [1.165, 1.54) is 110 Å². The highest BCUT2D eigenvalue weighted by atomic mass is 32.1. The van der Waals surface area contributed by atoms with E-state index in [1.54, 1.807) is 0 Å². The molecule has 0 N–H and O–H groups in total. The molecule has 3 nitrogen and oxygen atoms in total. The van der Waals surface area contributed by atoms with Crippen molar-refractivity contribution in [3.63, 3.8) is 0 Å². The second-order valence-corrected chi connectivity index (χ2v) is 24.5. The first-order valence-corrected chi connectivity index (χ1v) is 24.4. The van der Waals surface area contributed by atoms with Gasteiger partial charge in [0.1, 0.15) is 5.58 Å². The predicted molar refractivity (Wildman–Crippen MR) is 285 cm³/mol. The molecule has 10 rings (SSSR count). The zero-order chi connectivity index (χ0) is 46.4. The number of benzene rings is 6. The van der Waals surface area contributed by atoms with Crippen molar-refractivity contribution in [1.82, 2.24) is 0 Å². The van der Waals surface area contributed by atoms with E-state index in [0.717, 1.165) is 16.5 Å². The second kappa shape index (κ2) is 14.5. The molecule has 0 fully saturated rings. The minimum absolute atomic E-state index is 0.00269. The number of hydrogen-bond donors (Lipinski definition) is 0. The number of para-hydroxylation sites is 1. The van der Waals surface area contributed by atoms with Gasteiger partial charge >= 0.3 is 0 Å². The van der Waals surface area contributed by atoms with Crippen LogP contribution in [0.5, 0.6) is 0 Å². The van der Waals surface area contributed by atoms with Crippen molar-refractivity contribution in [1.29, 1.82) is 0 Å². The van der Waals surface area contributed by atoms with Crippen molar-refractivity contribution < 1.29 is 4.42 Å². The SMILES string of the molecule is Cc1cc(-c2coc3ccccc23)cc(C)c1N1c2ccc(C(C)(C)C)cc2B2c3sc4ccc(C(C)(C)C)cc4c3N(c3c(C)cc(C(C)(C)C)cc3C)c3cc(C(C)(C)C)cc1c32. The molecule has 0 amide bonds. The van der Waals surface area contributed by atoms with Crippen molar-refractivity contribution in [2.24, 2.45) is 0 Å². The fourth-order valence-corrected chi connectivity index (χ4v) is 12.0. The van der Waals surface area contributed by atoms with Crippen LogP contribution in [0.4, 0.5) is 34.1 Å². The molecule has 0 bridgehead atoms. The van der Waals surface area contributed by atoms with Gasteiger partial charge in [0, 0.05) is 42.9 Å². The number of nitrogens with zero attached hydrogens (tertiary/aromatic N) is 2. The van der Waals surface area contributed by atoms with E-state index in [0.29, 0.717) is 0 Å². The van der Waals surface area contributed by atoms with Gasteiger partial charge < -0.3 is 14.2 Å². The predicted octanol–water partition coefficient (Wildman–Crippen LogP) is 15.8. The molecule has 2 aromatic heterocycles. The molecule has 8 aromatic rings. The molecule has 6 aromatic carbocycles. The Hall–Kier alpha value is -5.52. The number of thiophene rings is 1. The maximum absolute atomic E-state index is 6.10. The van der Waals surface area contributed by atoms with Crippen molar-refractivity contribution in [3.8, 4) is 11.1 Å². The van der Waals surface area contributed by atoms with Crippen LogP contribution in [0.25, 0.3) is 32.2 Å². The Bertz CT molecular complexity index is 3210. The molecule has 65 heavy (non-hydrogen) atoms. The maximum Gasteiger partial charge on any atom is 0.264 e. The zero-order valence-corrected chi connectivity index (χ0v) is 42.4. The molecule has 0 unspecified atom stereocenters. The first kappa shape index (κ1) is 43.4. The van der Waals surface area contributed by atoms with Gasteiger partial charge in [-0.3, -0.25) is 0 Å². The number of rotatable bonds is 3. The summed E-state index contributed by atoms with van der Waals surface area (Å²) < 4.78 is 8.85.